The van der Waals surface area contributed by atoms with Gasteiger partial charge >= 0.3 is 0 Å². The van der Waals surface area contributed by atoms with Crippen molar-refractivity contribution in [3.63, 3.8) is 0 Å². The van der Waals surface area contributed by atoms with E-state index in [1.54, 1.807) is 0 Å². The van der Waals surface area contributed by atoms with Crippen LogP contribution < -0.4 is 5.32 Å². The van der Waals surface area contributed by atoms with Gasteiger partial charge in [-0.1, -0.05) is 23.2 Å². The number of anilines is 1. The molecule has 0 radical (unpaired) electrons. The van der Waals surface area contributed by atoms with Crippen LogP contribution in [0.5, 0.6) is 0 Å². The van der Waals surface area contributed by atoms with Gasteiger partial charge in [0.15, 0.2) is 4.84 Å². The summed E-state index contributed by atoms with van der Waals surface area (Å²) in [7, 11) is 0. The molecule has 0 spiro atoms. The maximum absolute atomic E-state index is 11.2. The fraction of sp³-hybridized carbons (Fsp3) is 0.125. The molecule has 1 aromatic carbocycles. The lowest BCUT2D eigenvalue weighted by molar-refractivity contribution is -0.384. The highest BCUT2D eigenvalue weighted by molar-refractivity contribution is 9.10. The van der Waals surface area contributed by atoms with Gasteiger partial charge in [-0.15, -0.1) is 0 Å². The van der Waals surface area contributed by atoms with Gasteiger partial charge in [-0.3, -0.25) is 14.9 Å². The van der Waals surface area contributed by atoms with Crippen LogP contribution in [-0.2, 0) is 4.79 Å². The number of nitrogens with zero attached hydrogens (tertiary/aromatic N) is 1. The number of halogens is 3. The van der Waals surface area contributed by atoms with Crippen LogP contribution in [0.15, 0.2) is 22.7 Å². The summed E-state index contributed by atoms with van der Waals surface area (Å²) in [6.07, 6.45) is 0. The zero-order valence-corrected chi connectivity index (χ0v) is 10.7. The number of carbonyl (C=O) groups excluding carboxylic acids is 1. The molecule has 5 nitrogen and oxygen atoms in total. The Bertz CT molecular complexity index is 439. The van der Waals surface area contributed by atoms with Crippen molar-refractivity contribution in [3.8, 4) is 0 Å². The molecule has 0 fully saturated rings. The number of hydrogen-bond donors (Lipinski definition) is 1. The number of nitrogens with one attached hydrogen (secondary N) is 1. The molecule has 0 aromatic heterocycles. The molecule has 0 aliphatic carbocycles. The fourth-order valence-corrected chi connectivity index (χ4v) is 1.48. The summed E-state index contributed by atoms with van der Waals surface area (Å²) in [5, 5.41) is 12.9. The Kier molecular flexibility index (Phi) is 4.52. The van der Waals surface area contributed by atoms with E-state index in [1.807, 2.05) is 0 Å². The normalized spacial score (nSPS) is 10.2. The predicted molar refractivity (Wildman–Crippen MR) is 64.9 cm³/mol. The van der Waals surface area contributed by atoms with E-state index in [0.717, 1.165) is 0 Å². The van der Waals surface area contributed by atoms with E-state index >= 15 is 0 Å². The molecule has 0 saturated carbocycles. The van der Waals surface area contributed by atoms with Crippen molar-refractivity contribution >= 4 is 56.4 Å². The maximum atomic E-state index is 11.2. The summed E-state index contributed by atoms with van der Waals surface area (Å²) < 4.78 is 0.379. The van der Waals surface area contributed by atoms with E-state index in [0.29, 0.717) is 10.2 Å². The number of alkyl halides is 2. The molecule has 0 saturated heterocycles. The van der Waals surface area contributed by atoms with Crippen molar-refractivity contribution in [1.82, 2.24) is 0 Å². The predicted octanol–water partition coefficient (Wildman–Crippen LogP) is 3.10. The maximum Gasteiger partial charge on any atom is 0.270 e. The molecule has 8 heteroatoms. The number of rotatable bonds is 3. The summed E-state index contributed by atoms with van der Waals surface area (Å²) in [5.74, 6) is -0.599. The smallest absolute Gasteiger partial charge is 0.270 e. The second-order valence-electron chi connectivity index (χ2n) is 2.71. The minimum absolute atomic E-state index is 0.0850. The molecule has 1 rings (SSSR count). The van der Waals surface area contributed by atoms with E-state index in [4.69, 9.17) is 23.2 Å². The second kappa shape index (κ2) is 5.47. The number of nitro groups is 1. The SMILES string of the molecule is O=C(Nc1ccc([N+](=O)[O-])cc1Br)C(Cl)Cl. The van der Waals surface area contributed by atoms with E-state index in [2.05, 4.69) is 21.2 Å². The van der Waals surface area contributed by atoms with Crippen LogP contribution in [0.2, 0.25) is 0 Å². The summed E-state index contributed by atoms with van der Waals surface area (Å²) in [5.41, 5.74) is 0.278. The first-order valence-electron chi connectivity index (χ1n) is 3.95. The Labute approximate surface area is 109 Å². The van der Waals surface area contributed by atoms with Crippen molar-refractivity contribution in [3.05, 3.63) is 32.8 Å². The fourth-order valence-electron chi connectivity index (χ4n) is 0.906. The highest BCUT2D eigenvalue weighted by Crippen LogP contribution is 2.27. The first-order valence-corrected chi connectivity index (χ1v) is 5.61. The number of amides is 1. The van der Waals surface area contributed by atoms with Gasteiger partial charge < -0.3 is 5.32 Å². The zero-order chi connectivity index (χ0) is 12.3. The Balaban J connectivity index is 2.91. The van der Waals surface area contributed by atoms with Crippen molar-refractivity contribution in [2.24, 2.45) is 0 Å². The third-order valence-corrected chi connectivity index (χ3v) is 2.67. The lowest BCUT2D eigenvalue weighted by Gasteiger charge is -2.07. The molecule has 0 heterocycles. The Morgan fingerprint density at radius 1 is 1.50 bits per heavy atom. The molecule has 0 unspecified atom stereocenters. The summed E-state index contributed by atoms with van der Waals surface area (Å²) in [6, 6.07) is 3.92. The van der Waals surface area contributed by atoms with Gasteiger partial charge in [0, 0.05) is 16.6 Å². The summed E-state index contributed by atoms with van der Waals surface area (Å²) in [4.78, 5) is 19.9. The zero-order valence-electron chi connectivity index (χ0n) is 7.62. The van der Waals surface area contributed by atoms with Crippen LogP contribution in [-0.4, -0.2) is 15.7 Å². The third kappa shape index (κ3) is 3.33. The molecular weight excluding hydrogens is 323 g/mol. The van der Waals surface area contributed by atoms with Gasteiger partial charge in [-0.2, -0.15) is 0 Å². The molecule has 1 aromatic rings. The molecule has 86 valence electrons. The van der Waals surface area contributed by atoms with E-state index < -0.39 is 15.7 Å². The summed E-state index contributed by atoms with van der Waals surface area (Å²) in [6.45, 7) is 0. The molecule has 1 amide bonds. The van der Waals surface area contributed by atoms with Crippen molar-refractivity contribution in [2.45, 2.75) is 4.84 Å². The van der Waals surface area contributed by atoms with Crippen molar-refractivity contribution < 1.29 is 9.72 Å². The molecular formula is C8H5BrCl2N2O3. The van der Waals surface area contributed by atoms with Crippen molar-refractivity contribution in [2.75, 3.05) is 5.32 Å². The van der Waals surface area contributed by atoms with Crippen LogP contribution in [0, 0.1) is 10.1 Å². The highest BCUT2D eigenvalue weighted by atomic mass is 79.9. The molecule has 0 bridgehead atoms. The quantitative estimate of drug-likeness (QED) is 0.526. The third-order valence-electron chi connectivity index (χ3n) is 1.62. The number of non-ortho nitro benzene ring substituents is 1. The van der Waals surface area contributed by atoms with Crippen LogP contribution in [0.25, 0.3) is 0 Å². The van der Waals surface area contributed by atoms with Gasteiger partial charge in [0.05, 0.1) is 10.6 Å². The first-order chi connectivity index (χ1) is 7.41. The van der Waals surface area contributed by atoms with Crippen LogP contribution >= 0.6 is 39.1 Å². The lowest BCUT2D eigenvalue weighted by Crippen LogP contribution is -2.18. The standard InChI is InChI=1S/C8H5BrCl2N2O3/c9-5-3-4(13(15)16)1-2-6(5)12-8(14)7(10)11/h1-3,7H,(H,12,14). The largest absolute Gasteiger partial charge is 0.323 e. The van der Waals surface area contributed by atoms with Gasteiger partial charge in [0.25, 0.3) is 11.6 Å². The molecule has 0 aliphatic rings. The Morgan fingerprint density at radius 3 is 2.56 bits per heavy atom. The number of carbonyl (C=O) groups is 1. The monoisotopic (exact) mass is 326 g/mol. The average molecular weight is 328 g/mol. The van der Waals surface area contributed by atoms with Crippen molar-refractivity contribution in [1.29, 1.82) is 0 Å². The van der Waals surface area contributed by atoms with Gasteiger partial charge in [0.2, 0.25) is 0 Å². The minimum Gasteiger partial charge on any atom is -0.323 e. The van der Waals surface area contributed by atoms with Gasteiger partial charge in [-0.25, -0.2) is 0 Å². The highest BCUT2D eigenvalue weighted by Gasteiger charge is 2.14. The Hall–Kier alpha value is -0.850. The Morgan fingerprint density at radius 2 is 2.12 bits per heavy atom. The lowest BCUT2D eigenvalue weighted by atomic mass is 10.3. The molecule has 0 atom stereocenters. The van der Waals surface area contributed by atoms with Gasteiger partial charge in [-0.05, 0) is 22.0 Å². The van der Waals surface area contributed by atoms with E-state index in [1.165, 1.54) is 18.2 Å². The molecule has 1 N–H and O–H groups in total. The topological polar surface area (TPSA) is 72.2 Å². The number of benzene rings is 1. The number of hydrogen-bond acceptors (Lipinski definition) is 3. The first kappa shape index (κ1) is 13.2. The summed E-state index contributed by atoms with van der Waals surface area (Å²) >= 11 is 13.8. The molecule has 16 heavy (non-hydrogen) atoms. The minimum atomic E-state index is -1.19. The average Bonchev–Trinajstić information content (AvgIpc) is 2.20. The number of nitro benzene ring substituents is 1. The van der Waals surface area contributed by atoms with E-state index in [9.17, 15) is 14.9 Å². The van der Waals surface area contributed by atoms with Gasteiger partial charge in [0.1, 0.15) is 0 Å². The van der Waals surface area contributed by atoms with Crippen LogP contribution in [0.1, 0.15) is 0 Å². The molecule has 0 aliphatic heterocycles. The second-order valence-corrected chi connectivity index (χ2v) is 4.66. The van der Waals surface area contributed by atoms with E-state index in [-0.39, 0.29) is 5.69 Å². The van der Waals surface area contributed by atoms with Crippen LogP contribution in [0.3, 0.4) is 0 Å². The van der Waals surface area contributed by atoms with Crippen LogP contribution in [0.4, 0.5) is 11.4 Å².